The maximum Gasteiger partial charge on any atom is 0.322 e. The van der Waals surface area contributed by atoms with Crippen molar-refractivity contribution in [3.63, 3.8) is 0 Å². The molecule has 2 fully saturated rings. The van der Waals surface area contributed by atoms with Crippen molar-refractivity contribution < 1.29 is 23.9 Å². The van der Waals surface area contributed by atoms with Crippen LogP contribution in [0.4, 0.5) is 0 Å². The van der Waals surface area contributed by atoms with Crippen molar-refractivity contribution in [1.29, 1.82) is 0 Å². The summed E-state index contributed by atoms with van der Waals surface area (Å²) in [6.07, 6.45) is 14.4. The normalized spacial score (nSPS) is 27.8. The molecule has 4 unspecified atom stereocenters. The summed E-state index contributed by atoms with van der Waals surface area (Å²) in [5, 5.41) is 0. The first-order chi connectivity index (χ1) is 19.2. The minimum atomic E-state index is -1.83. The number of hydrogen-bond donors (Lipinski definition) is 2. The van der Waals surface area contributed by atoms with E-state index in [1.165, 1.54) is 26.6 Å². The second-order valence-electron chi connectivity index (χ2n) is 9.78. The number of fused-ring (bicyclic) bond motifs is 2. The smallest absolute Gasteiger partial charge is 0.322 e. The zero-order valence-electron chi connectivity index (χ0n) is 23.2. The Hall–Kier alpha value is -4.28. The van der Waals surface area contributed by atoms with Crippen LogP contribution in [0.3, 0.4) is 0 Å². The number of nitrogens with zero attached hydrogens (tertiary/aromatic N) is 3. The number of likely N-dealkylation sites (tertiary alicyclic amines) is 2. The summed E-state index contributed by atoms with van der Waals surface area (Å²) in [6, 6.07) is 3.47. The zero-order chi connectivity index (χ0) is 29.5. The Balaban J connectivity index is 2.40. The maximum atomic E-state index is 14.9. The number of piperidine rings is 2. The molecule has 0 radical (unpaired) electrons. The number of aromatic nitrogens is 1. The fraction of sp³-hybridized carbons (Fsp3) is 0.333. The average molecular weight is 548 g/mol. The predicted octanol–water partition coefficient (Wildman–Crippen LogP) is 1.81. The highest BCUT2D eigenvalue weighted by Gasteiger charge is 2.75. The monoisotopic (exact) mass is 547 g/mol. The van der Waals surface area contributed by atoms with Crippen molar-refractivity contribution in [1.82, 2.24) is 14.8 Å². The largest absolute Gasteiger partial charge is 0.468 e. The van der Waals surface area contributed by atoms with Gasteiger partial charge in [0.05, 0.1) is 32.0 Å². The van der Waals surface area contributed by atoms with Gasteiger partial charge in [-0.3, -0.25) is 29.2 Å². The van der Waals surface area contributed by atoms with Crippen molar-refractivity contribution in [2.75, 3.05) is 40.9 Å². The van der Waals surface area contributed by atoms with Gasteiger partial charge in [0, 0.05) is 25.8 Å². The summed E-state index contributed by atoms with van der Waals surface area (Å²) < 4.78 is 10.6. The van der Waals surface area contributed by atoms with Crippen molar-refractivity contribution in [3.8, 4) is 0 Å². The first kappa shape index (κ1) is 30.3. The molecule has 0 aliphatic carbocycles. The molecule has 0 aromatic carbocycles. The number of ketones is 1. The molecule has 40 heavy (non-hydrogen) atoms. The van der Waals surface area contributed by atoms with E-state index in [1.807, 2.05) is 9.80 Å². The van der Waals surface area contributed by atoms with Gasteiger partial charge in [0.2, 0.25) is 0 Å². The SMILES string of the molecule is C=C/C=C(\C=C/N)CN1CC2(C(=O)OC)C(=O)C(C(=O)OC)(C1)C(c1ccccn1)N(C)C2C(=C)/C=C\C=C/N. The summed E-state index contributed by atoms with van der Waals surface area (Å²) in [4.78, 5) is 50.8. The van der Waals surface area contributed by atoms with Gasteiger partial charge >= 0.3 is 11.9 Å². The van der Waals surface area contributed by atoms with Crippen LogP contribution in [0.25, 0.3) is 0 Å². The van der Waals surface area contributed by atoms with Gasteiger partial charge in [0.1, 0.15) is 0 Å². The van der Waals surface area contributed by atoms with E-state index in [1.54, 1.807) is 67.9 Å². The Kier molecular flexibility index (Phi) is 9.62. The third-order valence-corrected chi connectivity index (χ3v) is 7.50. The van der Waals surface area contributed by atoms with E-state index in [0.717, 1.165) is 5.57 Å². The molecule has 3 rings (SSSR count). The van der Waals surface area contributed by atoms with Gasteiger partial charge in [-0.1, -0.05) is 43.5 Å². The second-order valence-corrected chi connectivity index (χ2v) is 9.78. The highest BCUT2D eigenvalue weighted by molar-refractivity contribution is 6.18. The maximum absolute atomic E-state index is 14.9. The van der Waals surface area contributed by atoms with Crippen molar-refractivity contribution in [2.24, 2.45) is 22.3 Å². The molecule has 10 nitrogen and oxygen atoms in total. The summed E-state index contributed by atoms with van der Waals surface area (Å²) in [7, 11) is 4.20. The zero-order valence-corrected chi connectivity index (χ0v) is 23.2. The third-order valence-electron chi connectivity index (χ3n) is 7.50. The highest BCUT2D eigenvalue weighted by atomic mass is 16.5. The molecule has 4 atom stereocenters. The number of methoxy groups -OCH3 is 2. The number of pyridine rings is 1. The fourth-order valence-electron chi connectivity index (χ4n) is 6.19. The minimum absolute atomic E-state index is 0.0410. The molecule has 2 aliphatic rings. The van der Waals surface area contributed by atoms with E-state index < -0.39 is 40.6 Å². The number of nitrogens with two attached hydrogens (primary N) is 2. The van der Waals surface area contributed by atoms with Gasteiger partial charge in [0.15, 0.2) is 16.6 Å². The standard InChI is InChI=1S/C30H37N5O5/c1-6-11-22(14-16-32)18-35-19-29(27(37)39-4)24(21(2)12-7-9-15-31)34(3)25(23-13-8-10-17-33-23)30(20-35,26(29)36)28(38)40-5/h6-17,24-25H,1-2,18-20,31-32H2,3-5H3/b12-7-,15-9-,16-14-,22-11+. The molecule has 0 amide bonds. The number of Topliss-reactive ketones (excluding diaryl/α,β-unsaturated/α-hetero) is 1. The van der Waals surface area contributed by atoms with Crippen molar-refractivity contribution >= 4 is 17.7 Å². The molecule has 2 aliphatic heterocycles. The Bertz CT molecular complexity index is 1270. The predicted molar refractivity (Wildman–Crippen MR) is 152 cm³/mol. The summed E-state index contributed by atoms with van der Waals surface area (Å²) in [5.41, 5.74) is 9.20. The summed E-state index contributed by atoms with van der Waals surface area (Å²) in [5.74, 6) is -2.15. The molecule has 0 spiro atoms. The van der Waals surface area contributed by atoms with Crippen LogP contribution in [0.2, 0.25) is 0 Å². The Labute approximate surface area is 235 Å². The quantitative estimate of drug-likeness (QED) is 0.253. The van der Waals surface area contributed by atoms with Crippen molar-refractivity contribution in [3.05, 3.63) is 103 Å². The number of likely N-dealkylation sites (N-methyl/N-ethyl adjacent to an activating group) is 1. The van der Waals surface area contributed by atoms with Crippen LogP contribution in [0.15, 0.2) is 97.6 Å². The topological polar surface area (TPSA) is 141 Å². The van der Waals surface area contributed by atoms with Crippen LogP contribution >= 0.6 is 0 Å². The molecule has 0 saturated carbocycles. The Morgan fingerprint density at radius 1 is 1.10 bits per heavy atom. The van der Waals surface area contributed by atoms with Crippen LogP contribution in [0.5, 0.6) is 0 Å². The van der Waals surface area contributed by atoms with Gasteiger partial charge in [-0.2, -0.15) is 0 Å². The molecule has 2 bridgehead atoms. The summed E-state index contributed by atoms with van der Waals surface area (Å²) >= 11 is 0. The van der Waals surface area contributed by atoms with Crippen LogP contribution in [-0.4, -0.2) is 79.4 Å². The van der Waals surface area contributed by atoms with Gasteiger partial charge in [0.25, 0.3) is 0 Å². The van der Waals surface area contributed by atoms with E-state index in [2.05, 4.69) is 18.1 Å². The Morgan fingerprint density at radius 3 is 2.35 bits per heavy atom. The van der Waals surface area contributed by atoms with Crippen LogP contribution in [0.1, 0.15) is 11.7 Å². The molecule has 1 aromatic heterocycles. The number of esters is 2. The van der Waals surface area contributed by atoms with E-state index >= 15 is 0 Å². The molecule has 1 aromatic rings. The van der Waals surface area contributed by atoms with Crippen LogP contribution < -0.4 is 11.5 Å². The molecular formula is C30H37N5O5. The first-order valence-corrected chi connectivity index (χ1v) is 12.7. The average Bonchev–Trinajstić information content (AvgIpc) is 2.94. The molecule has 212 valence electrons. The van der Waals surface area contributed by atoms with Gasteiger partial charge in [-0.15, -0.1) is 0 Å². The van der Waals surface area contributed by atoms with Gasteiger partial charge < -0.3 is 20.9 Å². The first-order valence-electron chi connectivity index (χ1n) is 12.7. The number of carbonyl (C=O) groups is 3. The van der Waals surface area contributed by atoms with E-state index in [0.29, 0.717) is 11.3 Å². The molecule has 10 heteroatoms. The minimum Gasteiger partial charge on any atom is -0.468 e. The van der Waals surface area contributed by atoms with E-state index in [-0.39, 0.29) is 19.6 Å². The van der Waals surface area contributed by atoms with E-state index in [9.17, 15) is 14.4 Å². The van der Waals surface area contributed by atoms with E-state index in [4.69, 9.17) is 20.9 Å². The van der Waals surface area contributed by atoms with Crippen LogP contribution in [-0.2, 0) is 23.9 Å². The lowest BCUT2D eigenvalue weighted by atomic mass is 9.54. The molecule has 4 N–H and O–H groups in total. The van der Waals surface area contributed by atoms with Crippen LogP contribution in [0, 0.1) is 10.8 Å². The molecular weight excluding hydrogens is 510 g/mol. The lowest BCUT2D eigenvalue weighted by Gasteiger charge is -2.61. The van der Waals surface area contributed by atoms with Gasteiger partial charge in [-0.25, -0.2) is 0 Å². The molecule has 3 heterocycles. The van der Waals surface area contributed by atoms with Crippen molar-refractivity contribution in [2.45, 2.75) is 12.1 Å². The fourth-order valence-corrected chi connectivity index (χ4v) is 6.19. The third kappa shape index (κ3) is 5.03. The summed E-state index contributed by atoms with van der Waals surface area (Å²) in [6.45, 7) is 8.17. The number of hydrogen-bond acceptors (Lipinski definition) is 10. The highest BCUT2D eigenvalue weighted by Crippen LogP contribution is 2.57. The second kappa shape index (κ2) is 12.7. The number of rotatable bonds is 10. The Morgan fingerprint density at radius 2 is 1.77 bits per heavy atom. The molecule has 2 saturated heterocycles. The number of carbonyl (C=O) groups excluding carboxylic acids is 3. The lowest BCUT2D eigenvalue weighted by molar-refractivity contribution is -0.199. The number of allylic oxidation sites excluding steroid dienone is 4. The number of ether oxygens (including phenoxy) is 2. The lowest BCUT2D eigenvalue weighted by Crippen LogP contribution is -2.78. The van der Waals surface area contributed by atoms with Gasteiger partial charge in [-0.05, 0) is 54.9 Å².